The Hall–Kier alpha value is -1.27. The van der Waals surface area contributed by atoms with Crippen molar-refractivity contribution in [3.63, 3.8) is 0 Å². The first-order valence-corrected chi connectivity index (χ1v) is 3.32. The van der Waals surface area contributed by atoms with Gasteiger partial charge in [0.1, 0.15) is 11.8 Å². The number of nitrogens with zero attached hydrogens (tertiary/aromatic N) is 1. The zero-order valence-corrected chi connectivity index (χ0v) is 6.57. The van der Waals surface area contributed by atoms with E-state index in [2.05, 4.69) is 4.98 Å². The minimum Gasteiger partial charge on any atom is -0.312 e. The van der Waals surface area contributed by atoms with E-state index in [1.54, 1.807) is 13.0 Å². The molecular weight excluding hydrogens is 164 g/mol. The second-order valence-electron chi connectivity index (χ2n) is 2.12. The van der Waals surface area contributed by atoms with Crippen molar-refractivity contribution in [3.8, 4) is 6.07 Å². The van der Waals surface area contributed by atoms with Gasteiger partial charge in [-0.15, -0.1) is 0 Å². The lowest BCUT2D eigenvalue weighted by atomic mass is 10.3. The highest BCUT2D eigenvalue weighted by Gasteiger charge is 2.01. The van der Waals surface area contributed by atoms with Crippen molar-refractivity contribution in [3.05, 3.63) is 32.7 Å². The first-order valence-electron chi connectivity index (χ1n) is 2.94. The number of pyridine rings is 1. The van der Waals surface area contributed by atoms with Crippen LogP contribution < -0.4 is 5.56 Å². The molecule has 11 heavy (non-hydrogen) atoms. The van der Waals surface area contributed by atoms with Crippen LogP contribution in [0.25, 0.3) is 0 Å². The molecule has 0 spiro atoms. The molecule has 3 nitrogen and oxygen atoms in total. The number of nitriles is 1. The van der Waals surface area contributed by atoms with E-state index >= 15 is 0 Å². The van der Waals surface area contributed by atoms with Crippen LogP contribution in [0, 0.1) is 18.3 Å². The summed E-state index contributed by atoms with van der Waals surface area (Å²) in [4.78, 5) is 13.2. The second kappa shape index (κ2) is 2.77. The SMILES string of the molecule is Cc1cc(Cl)c(C#N)[nH]c1=O. The molecular formula is C7H5ClN2O. The normalized spacial score (nSPS) is 9.18. The van der Waals surface area contributed by atoms with Crippen LogP contribution in [0.15, 0.2) is 10.9 Å². The van der Waals surface area contributed by atoms with Crippen molar-refractivity contribution in [1.82, 2.24) is 4.98 Å². The predicted molar refractivity (Wildman–Crippen MR) is 41.5 cm³/mol. The Morgan fingerprint density at radius 2 is 2.36 bits per heavy atom. The van der Waals surface area contributed by atoms with E-state index in [0.717, 1.165) is 0 Å². The smallest absolute Gasteiger partial charge is 0.251 e. The van der Waals surface area contributed by atoms with Gasteiger partial charge in [0.25, 0.3) is 5.56 Å². The lowest BCUT2D eigenvalue weighted by Crippen LogP contribution is -2.10. The monoisotopic (exact) mass is 168 g/mol. The summed E-state index contributed by atoms with van der Waals surface area (Å²) in [6.07, 6.45) is 0. The van der Waals surface area contributed by atoms with E-state index in [1.807, 2.05) is 0 Å². The van der Waals surface area contributed by atoms with Crippen molar-refractivity contribution in [2.24, 2.45) is 0 Å². The third-order valence-electron chi connectivity index (χ3n) is 1.29. The standard InChI is InChI=1S/C7H5ClN2O/c1-4-2-5(8)6(3-9)10-7(4)11/h2H,1H3,(H,10,11). The van der Waals surface area contributed by atoms with E-state index in [4.69, 9.17) is 16.9 Å². The minimum absolute atomic E-state index is 0.113. The molecule has 0 fully saturated rings. The maximum Gasteiger partial charge on any atom is 0.251 e. The van der Waals surface area contributed by atoms with E-state index in [-0.39, 0.29) is 16.3 Å². The highest BCUT2D eigenvalue weighted by Crippen LogP contribution is 2.10. The quantitative estimate of drug-likeness (QED) is 0.633. The molecule has 1 aromatic rings. The first kappa shape index (κ1) is 7.83. The largest absolute Gasteiger partial charge is 0.312 e. The molecule has 1 aromatic heterocycles. The molecule has 0 aromatic carbocycles. The van der Waals surface area contributed by atoms with Gasteiger partial charge in [0.2, 0.25) is 0 Å². The van der Waals surface area contributed by atoms with Crippen molar-refractivity contribution in [1.29, 1.82) is 5.26 Å². The number of aromatic nitrogens is 1. The lowest BCUT2D eigenvalue weighted by molar-refractivity contribution is 1.15. The van der Waals surface area contributed by atoms with Crippen LogP contribution >= 0.6 is 11.6 Å². The maximum absolute atomic E-state index is 10.9. The van der Waals surface area contributed by atoms with Crippen molar-refractivity contribution >= 4 is 11.6 Å². The van der Waals surface area contributed by atoms with Gasteiger partial charge in [0.05, 0.1) is 5.02 Å². The predicted octanol–water partition coefficient (Wildman–Crippen LogP) is 1.21. The molecule has 0 aliphatic rings. The number of rotatable bonds is 0. The van der Waals surface area contributed by atoms with Gasteiger partial charge in [-0.2, -0.15) is 5.26 Å². The summed E-state index contributed by atoms with van der Waals surface area (Å²) in [5, 5.41) is 8.71. The van der Waals surface area contributed by atoms with Crippen LogP contribution in [0.3, 0.4) is 0 Å². The third-order valence-corrected chi connectivity index (χ3v) is 1.59. The molecule has 0 amide bonds. The molecule has 0 radical (unpaired) electrons. The molecule has 1 N–H and O–H groups in total. The highest BCUT2D eigenvalue weighted by atomic mass is 35.5. The van der Waals surface area contributed by atoms with Crippen LogP contribution in [-0.2, 0) is 0 Å². The Kier molecular flexibility index (Phi) is 1.97. The van der Waals surface area contributed by atoms with E-state index in [1.165, 1.54) is 6.07 Å². The van der Waals surface area contributed by atoms with Gasteiger partial charge in [-0.3, -0.25) is 4.79 Å². The molecule has 0 saturated heterocycles. The number of H-pyrrole nitrogens is 1. The second-order valence-corrected chi connectivity index (χ2v) is 2.52. The van der Waals surface area contributed by atoms with Crippen LogP contribution in [0.2, 0.25) is 5.02 Å². The van der Waals surface area contributed by atoms with Gasteiger partial charge < -0.3 is 4.98 Å². The van der Waals surface area contributed by atoms with Crippen LogP contribution in [0.5, 0.6) is 0 Å². The number of hydrogen-bond donors (Lipinski definition) is 1. The zero-order valence-electron chi connectivity index (χ0n) is 5.81. The first-order chi connectivity index (χ1) is 5.15. The molecule has 1 heterocycles. The highest BCUT2D eigenvalue weighted by molar-refractivity contribution is 6.31. The molecule has 0 atom stereocenters. The summed E-state index contributed by atoms with van der Waals surface area (Å²) in [5.41, 5.74) is 0.349. The Bertz CT molecular complexity index is 375. The van der Waals surface area contributed by atoms with Gasteiger partial charge in [-0.1, -0.05) is 11.6 Å². The van der Waals surface area contributed by atoms with Gasteiger partial charge in [0.15, 0.2) is 0 Å². The Balaban J connectivity index is 3.48. The van der Waals surface area contributed by atoms with Crippen LogP contribution in [0.1, 0.15) is 11.3 Å². The van der Waals surface area contributed by atoms with Gasteiger partial charge >= 0.3 is 0 Å². The van der Waals surface area contributed by atoms with Crippen molar-refractivity contribution < 1.29 is 0 Å². The average molecular weight is 169 g/mol. The molecule has 0 bridgehead atoms. The summed E-state index contributed by atoms with van der Waals surface area (Å²) in [5.74, 6) is 0. The molecule has 0 aliphatic heterocycles. The molecule has 0 unspecified atom stereocenters. The number of halogens is 1. The zero-order chi connectivity index (χ0) is 8.43. The number of hydrogen-bond acceptors (Lipinski definition) is 2. The summed E-state index contributed by atoms with van der Waals surface area (Å²) in [6, 6.07) is 3.25. The fraction of sp³-hybridized carbons (Fsp3) is 0.143. The summed E-state index contributed by atoms with van der Waals surface area (Å²) >= 11 is 5.61. The van der Waals surface area contributed by atoms with Crippen LogP contribution in [0.4, 0.5) is 0 Å². The Morgan fingerprint density at radius 3 is 2.91 bits per heavy atom. The van der Waals surface area contributed by atoms with E-state index in [0.29, 0.717) is 5.56 Å². The average Bonchev–Trinajstić information content (AvgIpc) is 1.97. The number of aromatic amines is 1. The molecule has 56 valence electrons. The molecule has 4 heteroatoms. The molecule has 0 saturated carbocycles. The van der Waals surface area contributed by atoms with Crippen molar-refractivity contribution in [2.75, 3.05) is 0 Å². The Morgan fingerprint density at radius 1 is 1.73 bits per heavy atom. The van der Waals surface area contributed by atoms with E-state index < -0.39 is 0 Å². The maximum atomic E-state index is 10.9. The summed E-state index contributed by atoms with van der Waals surface area (Å²) < 4.78 is 0. The summed E-state index contributed by atoms with van der Waals surface area (Å²) in [6.45, 7) is 1.63. The Labute approximate surface area is 68.2 Å². The minimum atomic E-state index is -0.272. The fourth-order valence-corrected chi connectivity index (χ4v) is 0.934. The summed E-state index contributed by atoms with van der Waals surface area (Å²) in [7, 11) is 0. The number of aryl methyl sites for hydroxylation is 1. The number of nitrogens with one attached hydrogen (secondary N) is 1. The fourth-order valence-electron chi connectivity index (χ4n) is 0.681. The lowest BCUT2D eigenvalue weighted by Gasteiger charge is -1.94. The topological polar surface area (TPSA) is 56.6 Å². The third kappa shape index (κ3) is 1.41. The van der Waals surface area contributed by atoms with E-state index in [9.17, 15) is 4.79 Å². The van der Waals surface area contributed by atoms with Gasteiger partial charge in [0, 0.05) is 5.56 Å². The van der Waals surface area contributed by atoms with Crippen molar-refractivity contribution in [2.45, 2.75) is 6.92 Å². The van der Waals surface area contributed by atoms with Gasteiger partial charge in [-0.05, 0) is 13.0 Å². The molecule has 1 rings (SSSR count). The molecule has 0 aliphatic carbocycles. The van der Waals surface area contributed by atoms with Gasteiger partial charge in [-0.25, -0.2) is 0 Å². The van der Waals surface area contributed by atoms with Crippen LogP contribution in [-0.4, -0.2) is 4.98 Å².